The summed E-state index contributed by atoms with van der Waals surface area (Å²) < 4.78 is 11.2. The molecule has 4 nitrogen and oxygen atoms in total. The first-order valence-corrected chi connectivity index (χ1v) is 8.69. The molecule has 0 bridgehead atoms. The SMILES string of the molecule is CC(CCS(C)=O)N1C(=O)CNC1c1ccc(Cl)cc1. The lowest BCUT2D eigenvalue weighted by Crippen LogP contribution is -2.38. The van der Waals surface area contributed by atoms with Crippen molar-refractivity contribution in [2.75, 3.05) is 18.6 Å². The standard InChI is InChI=1S/C14H19ClN2O2S/c1-10(7-8-20(2)19)17-13(18)9-16-14(17)11-3-5-12(15)6-4-11/h3-6,10,14,16H,7-9H2,1-2H3. The molecule has 20 heavy (non-hydrogen) atoms. The molecule has 1 aromatic carbocycles. The van der Waals surface area contributed by atoms with Gasteiger partial charge in [0, 0.05) is 33.9 Å². The second-order valence-electron chi connectivity index (χ2n) is 5.05. The fraction of sp³-hybridized carbons (Fsp3) is 0.500. The van der Waals surface area contributed by atoms with Gasteiger partial charge >= 0.3 is 0 Å². The number of nitrogens with zero attached hydrogens (tertiary/aromatic N) is 1. The molecule has 1 N–H and O–H groups in total. The molecule has 3 unspecified atom stereocenters. The number of hydrogen-bond donors (Lipinski definition) is 1. The molecule has 1 aromatic rings. The second kappa shape index (κ2) is 6.70. The van der Waals surface area contributed by atoms with E-state index in [1.54, 1.807) is 6.26 Å². The van der Waals surface area contributed by atoms with Crippen molar-refractivity contribution in [1.82, 2.24) is 10.2 Å². The van der Waals surface area contributed by atoms with Gasteiger partial charge in [0.05, 0.1) is 6.54 Å². The largest absolute Gasteiger partial charge is 0.319 e. The molecule has 110 valence electrons. The third kappa shape index (κ3) is 3.59. The first-order valence-electron chi connectivity index (χ1n) is 6.59. The minimum atomic E-state index is -0.832. The van der Waals surface area contributed by atoms with Crippen LogP contribution in [0.2, 0.25) is 5.02 Å². The summed E-state index contributed by atoms with van der Waals surface area (Å²) in [5.74, 6) is 0.692. The van der Waals surface area contributed by atoms with Gasteiger partial charge in [-0.05, 0) is 31.0 Å². The number of carbonyl (C=O) groups is 1. The molecule has 1 amide bonds. The van der Waals surface area contributed by atoms with Crippen LogP contribution in [0.3, 0.4) is 0 Å². The highest BCUT2D eigenvalue weighted by molar-refractivity contribution is 7.84. The van der Waals surface area contributed by atoms with Gasteiger partial charge < -0.3 is 4.90 Å². The van der Waals surface area contributed by atoms with Crippen LogP contribution in [0.5, 0.6) is 0 Å². The summed E-state index contributed by atoms with van der Waals surface area (Å²) >= 11 is 5.90. The van der Waals surface area contributed by atoms with Crippen molar-refractivity contribution < 1.29 is 9.00 Å². The number of halogens is 1. The van der Waals surface area contributed by atoms with Gasteiger partial charge in [0.25, 0.3) is 0 Å². The van der Waals surface area contributed by atoms with E-state index in [1.807, 2.05) is 36.1 Å². The van der Waals surface area contributed by atoms with E-state index in [-0.39, 0.29) is 18.1 Å². The van der Waals surface area contributed by atoms with Crippen molar-refractivity contribution in [3.63, 3.8) is 0 Å². The van der Waals surface area contributed by atoms with E-state index in [4.69, 9.17) is 11.6 Å². The highest BCUT2D eigenvalue weighted by Crippen LogP contribution is 2.26. The lowest BCUT2D eigenvalue weighted by Gasteiger charge is -2.30. The number of benzene rings is 1. The van der Waals surface area contributed by atoms with E-state index in [0.29, 0.717) is 17.3 Å². The van der Waals surface area contributed by atoms with Crippen LogP contribution in [0.1, 0.15) is 25.1 Å². The quantitative estimate of drug-likeness (QED) is 0.903. The van der Waals surface area contributed by atoms with Gasteiger partial charge in [-0.2, -0.15) is 0 Å². The third-order valence-electron chi connectivity index (χ3n) is 3.50. The third-order valence-corrected chi connectivity index (χ3v) is 4.56. The van der Waals surface area contributed by atoms with Gasteiger partial charge in [-0.15, -0.1) is 0 Å². The summed E-state index contributed by atoms with van der Waals surface area (Å²) in [4.78, 5) is 13.9. The van der Waals surface area contributed by atoms with Gasteiger partial charge in [0.1, 0.15) is 6.17 Å². The molecule has 1 aliphatic heterocycles. The number of hydrogen-bond acceptors (Lipinski definition) is 3. The van der Waals surface area contributed by atoms with Crippen LogP contribution in [0.25, 0.3) is 0 Å². The zero-order valence-corrected chi connectivity index (χ0v) is 13.2. The lowest BCUT2D eigenvalue weighted by molar-refractivity contribution is -0.130. The summed E-state index contributed by atoms with van der Waals surface area (Å²) in [5.41, 5.74) is 1.02. The van der Waals surface area contributed by atoms with Crippen LogP contribution in [0, 0.1) is 0 Å². The Balaban J connectivity index is 2.13. The van der Waals surface area contributed by atoms with E-state index >= 15 is 0 Å². The molecule has 2 rings (SSSR count). The van der Waals surface area contributed by atoms with E-state index < -0.39 is 10.8 Å². The van der Waals surface area contributed by atoms with Crippen molar-refractivity contribution in [2.24, 2.45) is 0 Å². The Morgan fingerprint density at radius 1 is 1.45 bits per heavy atom. The van der Waals surface area contributed by atoms with Crippen molar-refractivity contribution in [3.05, 3.63) is 34.9 Å². The fourth-order valence-corrected chi connectivity index (χ4v) is 3.22. The van der Waals surface area contributed by atoms with Crippen LogP contribution >= 0.6 is 11.6 Å². The minimum Gasteiger partial charge on any atom is -0.319 e. The predicted octanol–water partition coefficient (Wildman–Crippen LogP) is 1.93. The highest BCUT2D eigenvalue weighted by Gasteiger charge is 2.34. The van der Waals surface area contributed by atoms with E-state index in [9.17, 15) is 9.00 Å². The zero-order chi connectivity index (χ0) is 14.7. The summed E-state index contributed by atoms with van der Waals surface area (Å²) in [5, 5.41) is 3.90. The van der Waals surface area contributed by atoms with Gasteiger partial charge in [0.15, 0.2) is 0 Å². The monoisotopic (exact) mass is 314 g/mol. The van der Waals surface area contributed by atoms with Crippen LogP contribution in [0.4, 0.5) is 0 Å². The first kappa shape index (κ1) is 15.5. The molecule has 0 spiro atoms. The maximum Gasteiger partial charge on any atom is 0.238 e. The zero-order valence-electron chi connectivity index (χ0n) is 11.6. The van der Waals surface area contributed by atoms with E-state index in [2.05, 4.69) is 5.32 Å². The maximum atomic E-state index is 12.1. The molecular weight excluding hydrogens is 296 g/mol. The van der Waals surface area contributed by atoms with Crippen LogP contribution in [-0.4, -0.2) is 39.6 Å². The normalized spacial score (nSPS) is 22.1. The first-order chi connectivity index (χ1) is 9.49. The molecule has 0 aliphatic carbocycles. The van der Waals surface area contributed by atoms with E-state index in [0.717, 1.165) is 12.0 Å². The Kier molecular flexibility index (Phi) is 5.18. The Bertz CT molecular complexity index is 506. The lowest BCUT2D eigenvalue weighted by atomic mass is 10.1. The average Bonchev–Trinajstić information content (AvgIpc) is 2.79. The molecule has 1 saturated heterocycles. The minimum absolute atomic E-state index is 0.0575. The summed E-state index contributed by atoms with van der Waals surface area (Å²) in [6.45, 7) is 2.34. The van der Waals surface area contributed by atoms with E-state index in [1.165, 1.54) is 0 Å². The smallest absolute Gasteiger partial charge is 0.238 e. The molecule has 1 aliphatic rings. The van der Waals surface area contributed by atoms with Crippen LogP contribution < -0.4 is 5.32 Å². The molecule has 1 fully saturated rings. The number of rotatable bonds is 5. The van der Waals surface area contributed by atoms with Gasteiger partial charge in [-0.25, -0.2) is 0 Å². The molecule has 0 aromatic heterocycles. The number of carbonyl (C=O) groups excluding carboxylic acids is 1. The summed E-state index contributed by atoms with van der Waals surface area (Å²) in [6.07, 6.45) is 2.30. The van der Waals surface area contributed by atoms with Crippen LogP contribution in [0.15, 0.2) is 24.3 Å². The van der Waals surface area contributed by atoms with Crippen molar-refractivity contribution >= 4 is 28.3 Å². The number of amides is 1. The Morgan fingerprint density at radius 3 is 2.70 bits per heavy atom. The topological polar surface area (TPSA) is 49.4 Å². The van der Waals surface area contributed by atoms with Gasteiger partial charge in [0.2, 0.25) is 5.91 Å². The van der Waals surface area contributed by atoms with Gasteiger partial charge in [-0.3, -0.25) is 14.3 Å². The molecule has 0 saturated carbocycles. The highest BCUT2D eigenvalue weighted by atomic mass is 35.5. The number of nitrogens with one attached hydrogen (secondary N) is 1. The summed E-state index contributed by atoms with van der Waals surface area (Å²) in [6, 6.07) is 7.56. The van der Waals surface area contributed by atoms with Crippen molar-refractivity contribution in [3.8, 4) is 0 Å². The molecule has 1 heterocycles. The van der Waals surface area contributed by atoms with Gasteiger partial charge in [-0.1, -0.05) is 23.7 Å². The average molecular weight is 315 g/mol. The van der Waals surface area contributed by atoms with Crippen LogP contribution in [-0.2, 0) is 15.6 Å². The fourth-order valence-electron chi connectivity index (χ4n) is 2.42. The molecule has 3 atom stereocenters. The maximum absolute atomic E-state index is 12.1. The second-order valence-corrected chi connectivity index (χ2v) is 7.04. The Morgan fingerprint density at radius 2 is 2.10 bits per heavy atom. The predicted molar refractivity (Wildman–Crippen MR) is 82.1 cm³/mol. The molecule has 0 radical (unpaired) electrons. The summed E-state index contributed by atoms with van der Waals surface area (Å²) in [7, 11) is -0.832. The Hall–Kier alpha value is -0.910. The van der Waals surface area contributed by atoms with Crippen molar-refractivity contribution in [1.29, 1.82) is 0 Å². The van der Waals surface area contributed by atoms with Crippen molar-refractivity contribution in [2.45, 2.75) is 25.6 Å². The Labute approximate surface area is 126 Å². The molecular formula is C14H19ClN2O2S. The molecule has 6 heteroatoms.